The Labute approximate surface area is 227 Å². The topological polar surface area (TPSA) is 71.5 Å². The SMILES string of the molecule is CC(OC(=O)c1c2c(nc3ccccc13)CCN(Cc1ccccc1)C2)C(=O)Nc1ccc2ccccc2c1. The summed E-state index contributed by atoms with van der Waals surface area (Å²) in [5.41, 5.74) is 4.93. The van der Waals surface area contributed by atoms with Crippen LogP contribution in [0.15, 0.2) is 97.1 Å². The zero-order valence-corrected chi connectivity index (χ0v) is 21.8. The first kappa shape index (κ1) is 24.8. The minimum absolute atomic E-state index is 0.378. The first-order valence-corrected chi connectivity index (χ1v) is 13.2. The number of nitrogens with zero attached hydrogens (tertiary/aromatic N) is 2. The number of hydrogen-bond acceptors (Lipinski definition) is 5. The highest BCUT2D eigenvalue weighted by Crippen LogP contribution is 2.30. The molecule has 0 saturated heterocycles. The van der Waals surface area contributed by atoms with Gasteiger partial charge in [-0.1, -0.05) is 78.9 Å². The molecule has 1 aliphatic rings. The van der Waals surface area contributed by atoms with Crippen molar-refractivity contribution >= 4 is 39.2 Å². The number of hydrogen-bond donors (Lipinski definition) is 1. The molecule has 5 aromatic rings. The normalized spacial score (nSPS) is 14.1. The summed E-state index contributed by atoms with van der Waals surface area (Å²) < 4.78 is 5.79. The number of esters is 1. The van der Waals surface area contributed by atoms with Crippen molar-refractivity contribution < 1.29 is 14.3 Å². The van der Waals surface area contributed by atoms with E-state index in [-0.39, 0.29) is 5.91 Å². The Bertz CT molecular complexity index is 1680. The molecular formula is C33H29N3O3. The molecule has 1 aliphatic heterocycles. The number of fused-ring (bicyclic) bond motifs is 3. The maximum atomic E-state index is 13.7. The number of carbonyl (C=O) groups is 2. The number of ether oxygens (including phenoxy) is 1. The van der Waals surface area contributed by atoms with Gasteiger partial charge in [0.25, 0.3) is 5.91 Å². The Morgan fingerprint density at radius 3 is 2.51 bits per heavy atom. The van der Waals surface area contributed by atoms with Crippen molar-refractivity contribution in [3.8, 4) is 0 Å². The van der Waals surface area contributed by atoms with Crippen molar-refractivity contribution in [3.63, 3.8) is 0 Å². The van der Waals surface area contributed by atoms with Gasteiger partial charge in [-0.05, 0) is 41.5 Å². The van der Waals surface area contributed by atoms with Crippen molar-refractivity contribution in [3.05, 3.63) is 119 Å². The van der Waals surface area contributed by atoms with Crippen LogP contribution in [0.2, 0.25) is 0 Å². The van der Waals surface area contributed by atoms with Gasteiger partial charge in [0.2, 0.25) is 0 Å². The Hall–Kier alpha value is -4.55. The lowest BCUT2D eigenvalue weighted by atomic mass is 9.95. The second-order valence-electron chi connectivity index (χ2n) is 9.97. The highest BCUT2D eigenvalue weighted by Gasteiger charge is 2.28. The predicted molar refractivity (Wildman–Crippen MR) is 153 cm³/mol. The van der Waals surface area contributed by atoms with Crippen molar-refractivity contribution in [1.29, 1.82) is 0 Å². The number of amides is 1. The second-order valence-corrected chi connectivity index (χ2v) is 9.97. The number of pyridine rings is 1. The van der Waals surface area contributed by atoms with Crippen molar-refractivity contribution in [1.82, 2.24) is 9.88 Å². The van der Waals surface area contributed by atoms with Crippen LogP contribution < -0.4 is 5.32 Å². The van der Waals surface area contributed by atoms with Gasteiger partial charge in [-0.25, -0.2) is 4.79 Å². The fraction of sp³-hybridized carbons (Fsp3) is 0.182. The lowest BCUT2D eigenvalue weighted by Crippen LogP contribution is -2.34. The Morgan fingerprint density at radius 2 is 1.67 bits per heavy atom. The van der Waals surface area contributed by atoms with Crippen molar-refractivity contribution in [2.45, 2.75) is 32.5 Å². The molecule has 0 radical (unpaired) electrons. The highest BCUT2D eigenvalue weighted by molar-refractivity contribution is 6.06. The quantitative estimate of drug-likeness (QED) is 0.276. The number of carbonyl (C=O) groups excluding carboxylic acids is 2. The summed E-state index contributed by atoms with van der Waals surface area (Å²) in [6.07, 6.45) is -0.235. The van der Waals surface area contributed by atoms with E-state index >= 15 is 0 Å². The molecule has 0 fully saturated rings. The minimum Gasteiger partial charge on any atom is -0.449 e. The van der Waals surface area contributed by atoms with Gasteiger partial charge >= 0.3 is 5.97 Å². The predicted octanol–water partition coefficient (Wildman–Crippen LogP) is 6.13. The molecule has 194 valence electrons. The third-order valence-corrected chi connectivity index (χ3v) is 7.25. The maximum Gasteiger partial charge on any atom is 0.339 e. The summed E-state index contributed by atoms with van der Waals surface area (Å²) in [5.74, 6) is -0.885. The largest absolute Gasteiger partial charge is 0.449 e. The molecule has 1 aromatic heterocycles. The standard InChI is InChI=1S/C33H29N3O3/c1-22(32(37)34-26-16-15-24-11-5-6-12-25(24)19-26)39-33(38)31-27-13-7-8-14-29(27)35-30-17-18-36(21-28(30)31)20-23-9-3-2-4-10-23/h2-16,19,22H,17-18,20-21H2,1H3,(H,34,37). The van der Waals surface area contributed by atoms with E-state index in [4.69, 9.17) is 9.72 Å². The molecule has 1 N–H and O–H groups in total. The summed E-state index contributed by atoms with van der Waals surface area (Å²) in [4.78, 5) is 33.9. The van der Waals surface area contributed by atoms with Crippen LogP contribution >= 0.6 is 0 Å². The number of aromatic nitrogens is 1. The third-order valence-electron chi connectivity index (χ3n) is 7.25. The van der Waals surface area contributed by atoms with Crippen molar-refractivity contribution in [2.75, 3.05) is 11.9 Å². The van der Waals surface area contributed by atoms with Gasteiger partial charge in [0.05, 0.1) is 11.1 Å². The van der Waals surface area contributed by atoms with Crippen LogP contribution in [0.5, 0.6) is 0 Å². The molecule has 6 rings (SSSR count). The van der Waals surface area contributed by atoms with Gasteiger partial charge in [0, 0.05) is 48.4 Å². The van der Waals surface area contributed by atoms with E-state index in [1.54, 1.807) is 6.92 Å². The molecule has 39 heavy (non-hydrogen) atoms. The zero-order chi connectivity index (χ0) is 26.8. The fourth-order valence-electron chi connectivity index (χ4n) is 5.24. The molecule has 1 atom stereocenters. The van der Waals surface area contributed by atoms with E-state index < -0.39 is 12.1 Å². The molecule has 4 aromatic carbocycles. The Balaban J connectivity index is 1.24. The van der Waals surface area contributed by atoms with Crippen LogP contribution in [0.4, 0.5) is 5.69 Å². The highest BCUT2D eigenvalue weighted by atomic mass is 16.5. The third kappa shape index (κ3) is 5.24. The van der Waals surface area contributed by atoms with E-state index in [1.807, 2.05) is 84.9 Å². The van der Waals surface area contributed by atoms with Crippen LogP contribution in [0.25, 0.3) is 21.7 Å². The van der Waals surface area contributed by atoms with Crippen molar-refractivity contribution in [2.24, 2.45) is 0 Å². The van der Waals surface area contributed by atoms with Gasteiger partial charge in [-0.3, -0.25) is 14.7 Å². The summed E-state index contributed by atoms with van der Waals surface area (Å²) in [7, 11) is 0. The van der Waals surface area contributed by atoms with Crippen LogP contribution in [0.1, 0.15) is 34.1 Å². The molecule has 1 amide bonds. The molecule has 2 heterocycles. The fourth-order valence-corrected chi connectivity index (χ4v) is 5.24. The van der Waals surface area contributed by atoms with Crippen LogP contribution in [-0.2, 0) is 29.0 Å². The maximum absolute atomic E-state index is 13.7. The second kappa shape index (κ2) is 10.7. The van der Waals surface area contributed by atoms with Crippen LogP contribution in [0, 0.1) is 0 Å². The molecule has 1 unspecified atom stereocenters. The molecule has 6 nitrogen and oxygen atoms in total. The van der Waals surface area contributed by atoms with E-state index in [0.29, 0.717) is 17.8 Å². The average Bonchev–Trinajstić information content (AvgIpc) is 2.96. The van der Waals surface area contributed by atoms with E-state index in [0.717, 1.165) is 52.4 Å². The van der Waals surface area contributed by atoms with E-state index in [9.17, 15) is 9.59 Å². The van der Waals surface area contributed by atoms with Gasteiger partial charge in [0.1, 0.15) is 0 Å². The number of rotatable bonds is 6. The summed E-state index contributed by atoms with van der Waals surface area (Å²) >= 11 is 0. The lowest BCUT2D eigenvalue weighted by molar-refractivity contribution is -0.123. The van der Waals surface area contributed by atoms with E-state index in [1.165, 1.54) is 5.56 Å². The van der Waals surface area contributed by atoms with Gasteiger partial charge in [-0.2, -0.15) is 0 Å². The monoisotopic (exact) mass is 515 g/mol. The smallest absolute Gasteiger partial charge is 0.339 e. The molecule has 0 aliphatic carbocycles. The average molecular weight is 516 g/mol. The Kier molecular flexibility index (Phi) is 6.78. The molecule has 0 spiro atoms. The van der Waals surface area contributed by atoms with Gasteiger partial charge in [-0.15, -0.1) is 0 Å². The minimum atomic E-state index is -0.976. The van der Waals surface area contributed by atoms with Gasteiger partial charge < -0.3 is 10.1 Å². The van der Waals surface area contributed by atoms with Crippen LogP contribution in [-0.4, -0.2) is 34.4 Å². The number of anilines is 1. The molecule has 0 bridgehead atoms. The number of benzene rings is 4. The molecule has 0 saturated carbocycles. The number of para-hydroxylation sites is 1. The number of nitrogens with one attached hydrogen (secondary N) is 1. The first-order chi connectivity index (χ1) is 19.0. The molecule has 6 heteroatoms. The summed E-state index contributed by atoms with van der Waals surface area (Å²) in [5, 5.41) is 5.74. The summed E-state index contributed by atoms with van der Waals surface area (Å²) in [6, 6.07) is 31.6. The van der Waals surface area contributed by atoms with Gasteiger partial charge in [0.15, 0.2) is 6.10 Å². The van der Waals surface area contributed by atoms with E-state index in [2.05, 4.69) is 22.3 Å². The molecular weight excluding hydrogens is 486 g/mol. The first-order valence-electron chi connectivity index (χ1n) is 13.2. The lowest BCUT2D eigenvalue weighted by Gasteiger charge is -2.30. The summed E-state index contributed by atoms with van der Waals surface area (Å²) in [6.45, 7) is 3.83. The Morgan fingerprint density at radius 1 is 0.923 bits per heavy atom. The zero-order valence-electron chi connectivity index (χ0n) is 21.8. The van der Waals surface area contributed by atoms with Crippen LogP contribution in [0.3, 0.4) is 0 Å².